The molecule has 1 aromatic heterocycles. The predicted molar refractivity (Wildman–Crippen MR) is 103 cm³/mol. The molecule has 5 nitrogen and oxygen atoms in total. The molecule has 3 aliphatic heterocycles. The molecule has 0 radical (unpaired) electrons. The molecule has 0 saturated carbocycles. The molecule has 2 aromatic rings. The van der Waals surface area contributed by atoms with Crippen molar-refractivity contribution in [3.8, 4) is 0 Å². The van der Waals surface area contributed by atoms with Gasteiger partial charge >= 0.3 is 6.03 Å². The Balaban J connectivity index is 1.71. The van der Waals surface area contributed by atoms with Crippen molar-refractivity contribution in [3.05, 3.63) is 59.9 Å². The van der Waals surface area contributed by atoms with Gasteiger partial charge in [-0.15, -0.1) is 0 Å². The highest BCUT2D eigenvalue weighted by Gasteiger charge is 2.46. The second-order valence-electron chi connectivity index (χ2n) is 7.54. The van der Waals surface area contributed by atoms with Gasteiger partial charge in [0.15, 0.2) is 0 Å². The van der Waals surface area contributed by atoms with Crippen LogP contribution in [0.2, 0.25) is 0 Å². The van der Waals surface area contributed by atoms with Crippen molar-refractivity contribution in [1.29, 1.82) is 0 Å². The molecule has 2 unspecified atom stereocenters. The average Bonchev–Trinajstić information content (AvgIpc) is 2.65. The molecule has 3 saturated heterocycles. The van der Waals surface area contributed by atoms with E-state index in [1.165, 1.54) is 5.56 Å². The van der Waals surface area contributed by atoms with E-state index in [9.17, 15) is 4.79 Å². The molecular formula is C21H26N4O. The zero-order chi connectivity index (χ0) is 18.1. The van der Waals surface area contributed by atoms with Crippen molar-refractivity contribution in [2.24, 2.45) is 11.7 Å². The quantitative estimate of drug-likeness (QED) is 0.922. The topological polar surface area (TPSA) is 62.5 Å². The van der Waals surface area contributed by atoms with Crippen molar-refractivity contribution >= 4 is 11.7 Å². The third-order valence-electron chi connectivity index (χ3n) is 5.90. The number of carbonyl (C=O) groups is 1. The highest BCUT2D eigenvalue weighted by Crippen LogP contribution is 2.38. The van der Waals surface area contributed by atoms with Gasteiger partial charge in [-0.2, -0.15) is 0 Å². The Morgan fingerprint density at radius 2 is 2.08 bits per heavy atom. The van der Waals surface area contributed by atoms with Gasteiger partial charge in [0.1, 0.15) is 0 Å². The molecule has 0 aliphatic carbocycles. The SMILES string of the molecule is Cc1cccc(N(C(N)=O)C2C3CCN(CC3)C2Cc2cccnc2)c1. The number of nitrogens with two attached hydrogens (primary N) is 1. The fourth-order valence-electron chi connectivity index (χ4n) is 4.74. The molecule has 1 aromatic carbocycles. The van der Waals surface area contributed by atoms with Crippen LogP contribution in [0.15, 0.2) is 48.8 Å². The first-order valence-electron chi connectivity index (χ1n) is 9.42. The second-order valence-corrected chi connectivity index (χ2v) is 7.54. The molecule has 3 fully saturated rings. The Labute approximate surface area is 154 Å². The summed E-state index contributed by atoms with van der Waals surface area (Å²) in [4.78, 5) is 21.1. The fraction of sp³-hybridized carbons (Fsp3) is 0.429. The van der Waals surface area contributed by atoms with E-state index in [0.717, 1.165) is 43.6 Å². The molecular weight excluding hydrogens is 324 g/mol. The molecule has 5 heteroatoms. The van der Waals surface area contributed by atoms with E-state index in [2.05, 4.69) is 22.0 Å². The minimum absolute atomic E-state index is 0.108. The van der Waals surface area contributed by atoms with Crippen LogP contribution in [0.1, 0.15) is 24.0 Å². The Morgan fingerprint density at radius 3 is 2.73 bits per heavy atom. The predicted octanol–water partition coefficient (Wildman–Crippen LogP) is 2.98. The van der Waals surface area contributed by atoms with Crippen molar-refractivity contribution in [1.82, 2.24) is 9.88 Å². The van der Waals surface area contributed by atoms with Gasteiger partial charge in [-0.05, 0) is 74.5 Å². The molecule has 3 aliphatic rings. The number of nitrogens with zero attached hydrogens (tertiary/aromatic N) is 3. The molecule has 2 N–H and O–H groups in total. The number of urea groups is 1. The lowest BCUT2D eigenvalue weighted by Crippen LogP contribution is -2.66. The number of aromatic nitrogens is 1. The van der Waals surface area contributed by atoms with Crippen LogP contribution in [0.25, 0.3) is 0 Å². The zero-order valence-electron chi connectivity index (χ0n) is 15.2. The molecule has 2 bridgehead atoms. The minimum atomic E-state index is -0.356. The summed E-state index contributed by atoms with van der Waals surface area (Å²) in [7, 11) is 0. The maximum absolute atomic E-state index is 12.5. The Kier molecular flexibility index (Phi) is 4.64. The normalized spacial score (nSPS) is 27.3. The summed E-state index contributed by atoms with van der Waals surface area (Å²) in [6, 6.07) is 12.2. The number of pyridine rings is 1. The summed E-state index contributed by atoms with van der Waals surface area (Å²) in [5.74, 6) is 0.495. The van der Waals surface area contributed by atoms with Gasteiger partial charge in [0.2, 0.25) is 0 Å². The maximum atomic E-state index is 12.5. The fourth-order valence-corrected chi connectivity index (χ4v) is 4.74. The second kappa shape index (κ2) is 7.08. The maximum Gasteiger partial charge on any atom is 0.319 e. The Hall–Kier alpha value is -2.40. The van der Waals surface area contributed by atoms with E-state index >= 15 is 0 Å². The van der Waals surface area contributed by atoms with Crippen LogP contribution in [0.4, 0.5) is 10.5 Å². The smallest absolute Gasteiger partial charge is 0.319 e. The molecule has 26 heavy (non-hydrogen) atoms. The lowest BCUT2D eigenvalue weighted by molar-refractivity contribution is 0.0279. The molecule has 0 spiro atoms. The highest BCUT2D eigenvalue weighted by atomic mass is 16.2. The van der Waals surface area contributed by atoms with E-state index in [1.54, 1.807) is 6.20 Å². The third kappa shape index (κ3) is 3.19. The van der Waals surface area contributed by atoms with E-state index in [0.29, 0.717) is 5.92 Å². The van der Waals surface area contributed by atoms with Crippen LogP contribution in [-0.2, 0) is 6.42 Å². The van der Waals surface area contributed by atoms with Gasteiger partial charge in [0, 0.05) is 24.1 Å². The number of benzene rings is 1. The van der Waals surface area contributed by atoms with Crippen molar-refractivity contribution in [2.75, 3.05) is 18.0 Å². The lowest BCUT2D eigenvalue weighted by atomic mass is 9.76. The van der Waals surface area contributed by atoms with Crippen molar-refractivity contribution < 1.29 is 4.79 Å². The van der Waals surface area contributed by atoms with E-state index < -0.39 is 0 Å². The van der Waals surface area contributed by atoms with E-state index in [1.807, 2.05) is 42.3 Å². The number of anilines is 1. The van der Waals surface area contributed by atoms with Crippen LogP contribution in [0, 0.1) is 12.8 Å². The summed E-state index contributed by atoms with van der Waals surface area (Å²) >= 11 is 0. The number of aryl methyl sites for hydroxylation is 1. The number of fused-ring (bicyclic) bond motifs is 3. The largest absolute Gasteiger partial charge is 0.351 e. The molecule has 4 heterocycles. The first-order chi connectivity index (χ1) is 12.6. The number of amides is 2. The summed E-state index contributed by atoms with van der Waals surface area (Å²) in [6.07, 6.45) is 6.89. The molecule has 136 valence electrons. The first-order valence-corrected chi connectivity index (χ1v) is 9.42. The number of carbonyl (C=O) groups excluding carboxylic acids is 1. The average molecular weight is 350 g/mol. The first kappa shape index (κ1) is 17.0. The summed E-state index contributed by atoms with van der Waals surface area (Å²) in [6.45, 7) is 4.26. The summed E-state index contributed by atoms with van der Waals surface area (Å²) in [5, 5.41) is 0. The van der Waals surface area contributed by atoms with Crippen LogP contribution in [0.5, 0.6) is 0 Å². The van der Waals surface area contributed by atoms with Crippen LogP contribution < -0.4 is 10.6 Å². The van der Waals surface area contributed by atoms with Crippen molar-refractivity contribution in [2.45, 2.75) is 38.3 Å². The van der Waals surface area contributed by atoms with Gasteiger partial charge in [-0.3, -0.25) is 14.8 Å². The van der Waals surface area contributed by atoms with Crippen LogP contribution in [0.3, 0.4) is 0 Å². The zero-order valence-corrected chi connectivity index (χ0v) is 15.2. The number of hydrogen-bond donors (Lipinski definition) is 1. The summed E-state index contributed by atoms with van der Waals surface area (Å²) < 4.78 is 0. The standard InChI is InChI=1S/C21H26N4O/c1-15-4-2-6-18(12-15)25(21(22)26)20-17-7-10-24(11-8-17)19(20)13-16-5-3-9-23-14-16/h2-6,9,12,14,17,19-20H,7-8,10-11,13H2,1H3,(H2,22,26). The van der Waals surface area contributed by atoms with Gasteiger partial charge in [0.05, 0.1) is 6.04 Å². The molecule has 2 atom stereocenters. The van der Waals surface area contributed by atoms with Crippen LogP contribution in [-0.4, -0.2) is 41.1 Å². The van der Waals surface area contributed by atoms with E-state index in [-0.39, 0.29) is 18.1 Å². The van der Waals surface area contributed by atoms with Crippen molar-refractivity contribution in [3.63, 3.8) is 0 Å². The molecule has 5 rings (SSSR count). The third-order valence-corrected chi connectivity index (χ3v) is 5.90. The monoisotopic (exact) mass is 350 g/mol. The van der Waals surface area contributed by atoms with Gasteiger partial charge < -0.3 is 5.73 Å². The number of rotatable bonds is 4. The Bertz CT molecular complexity index is 771. The Morgan fingerprint density at radius 1 is 1.27 bits per heavy atom. The number of piperidine rings is 3. The van der Waals surface area contributed by atoms with Gasteiger partial charge in [-0.25, -0.2) is 4.79 Å². The van der Waals surface area contributed by atoms with E-state index in [4.69, 9.17) is 5.73 Å². The highest BCUT2D eigenvalue weighted by molar-refractivity contribution is 5.91. The lowest BCUT2D eigenvalue weighted by Gasteiger charge is -2.54. The molecule has 2 amide bonds. The van der Waals surface area contributed by atoms with Gasteiger partial charge in [-0.1, -0.05) is 18.2 Å². The number of hydrogen-bond acceptors (Lipinski definition) is 3. The summed E-state index contributed by atoms with van der Waals surface area (Å²) in [5.41, 5.74) is 9.15. The minimum Gasteiger partial charge on any atom is -0.351 e. The number of primary amides is 1. The van der Waals surface area contributed by atoms with Crippen LogP contribution >= 0.6 is 0 Å². The van der Waals surface area contributed by atoms with Gasteiger partial charge in [0.25, 0.3) is 0 Å².